The van der Waals surface area contributed by atoms with Crippen molar-refractivity contribution in [3.8, 4) is 0 Å². The number of hydrogen-bond donors (Lipinski definition) is 2. The van der Waals surface area contributed by atoms with E-state index < -0.39 is 24.7 Å². The number of aromatic nitrogens is 2. The van der Waals surface area contributed by atoms with E-state index in [2.05, 4.69) is 10.4 Å². The first kappa shape index (κ1) is 16.0. The summed E-state index contributed by atoms with van der Waals surface area (Å²) in [5.74, 6) is -0.525. The third-order valence-corrected chi connectivity index (χ3v) is 2.81. The molecule has 22 heavy (non-hydrogen) atoms. The van der Waals surface area contributed by atoms with Crippen LogP contribution in [0.4, 0.5) is 19.0 Å². The molecule has 0 saturated carbocycles. The van der Waals surface area contributed by atoms with Gasteiger partial charge >= 0.3 is 6.18 Å². The first-order chi connectivity index (χ1) is 10.3. The van der Waals surface area contributed by atoms with Gasteiger partial charge in [0.1, 0.15) is 6.54 Å². The maximum absolute atomic E-state index is 12.2. The minimum atomic E-state index is -4.38. The van der Waals surface area contributed by atoms with E-state index in [-0.39, 0.29) is 12.2 Å². The van der Waals surface area contributed by atoms with Gasteiger partial charge in [-0.05, 0) is 5.56 Å². The monoisotopic (exact) mass is 313 g/mol. The number of amides is 1. The number of aliphatic hydroxyl groups is 1. The zero-order valence-electron chi connectivity index (χ0n) is 11.4. The zero-order valence-corrected chi connectivity index (χ0v) is 11.4. The molecule has 0 saturated heterocycles. The molecule has 1 unspecified atom stereocenters. The molecule has 0 fully saturated rings. The highest BCUT2D eigenvalue weighted by Gasteiger charge is 2.28. The Hall–Kier alpha value is -2.35. The lowest BCUT2D eigenvalue weighted by Crippen LogP contribution is -2.19. The number of alkyl halides is 3. The zero-order chi connectivity index (χ0) is 16.2. The number of hydrogen-bond acceptors (Lipinski definition) is 3. The van der Waals surface area contributed by atoms with E-state index in [9.17, 15) is 23.1 Å². The smallest absolute Gasteiger partial charge is 0.388 e. The van der Waals surface area contributed by atoms with E-state index in [1.165, 1.54) is 6.07 Å². The summed E-state index contributed by atoms with van der Waals surface area (Å²) >= 11 is 0. The summed E-state index contributed by atoms with van der Waals surface area (Å²) in [7, 11) is 0. The molecule has 1 atom stereocenters. The lowest BCUT2D eigenvalue weighted by Gasteiger charge is -2.10. The van der Waals surface area contributed by atoms with Crippen molar-refractivity contribution in [2.75, 3.05) is 5.32 Å². The summed E-state index contributed by atoms with van der Waals surface area (Å²) < 4.78 is 37.3. The van der Waals surface area contributed by atoms with Crippen molar-refractivity contribution < 1.29 is 23.1 Å². The molecule has 0 aliphatic rings. The maximum Gasteiger partial charge on any atom is 0.408 e. The van der Waals surface area contributed by atoms with E-state index in [4.69, 9.17) is 0 Å². The van der Waals surface area contributed by atoms with Crippen molar-refractivity contribution in [1.29, 1.82) is 0 Å². The summed E-state index contributed by atoms with van der Waals surface area (Å²) in [5.41, 5.74) is 0.584. The number of carbonyl (C=O) groups excluding carboxylic acids is 1. The Labute approximate surface area is 124 Å². The van der Waals surface area contributed by atoms with Crippen LogP contribution >= 0.6 is 0 Å². The van der Waals surface area contributed by atoms with Gasteiger partial charge in [0.2, 0.25) is 5.91 Å². The normalized spacial score (nSPS) is 12.9. The SMILES string of the molecule is O=C(CC(O)c1ccccc1)Nc1ccn(CC(F)(F)F)n1. The highest BCUT2D eigenvalue weighted by atomic mass is 19.4. The Kier molecular flexibility index (Phi) is 4.81. The van der Waals surface area contributed by atoms with Gasteiger partial charge in [0.05, 0.1) is 12.5 Å². The number of carbonyl (C=O) groups is 1. The van der Waals surface area contributed by atoms with Crippen molar-refractivity contribution in [3.63, 3.8) is 0 Å². The van der Waals surface area contributed by atoms with E-state index in [1.54, 1.807) is 30.3 Å². The van der Waals surface area contributed by atoms with Crippen molar-refractivity contribution in [1.82, 2.24) is 9.78 Å². The van der Waals surface area contributed by atoms with Crippen molar-refractivity contribution in [3.05, 3.63) is 48.2 Å². The molecule has 0 bridgehead atoms. The second kappa shape index (κ2) is 6.61. The van der Waals surface area contributed by atoms with Crippen LogP contribution < -0.4 is 5.32 Å². The van der Waals surface area contributed by atoms with E-state index in [0.29, 0.717) is 10.2 Å². The average Bonchev–Trinajstić information content (AvgIpc) is 2.84. The maximum atomic E-state index is 12.2. The number of aliphatic hydroxyl groups excluding tert-OH is 1. The number of nitrogens with one attached hydrogen (secondary N) is 1. The molecule has 118 valence electrons. The summed E-state index contributed by atoms with van der Waals surface area (Å²) in [6.45, 7) is -1.23. The van der Waals surface area contributed by atoms with Gasteiger partial charge in [0, 0.05) is 12.3 Å². The number of halogens is 3. The fourth-order valence-corrected chi connectivity index (χ4v) is 1.86. The second-order valence-corrected chi connectivity index (χ2v) is 4.69. The van der Waals surface area contributed by atoms with Crippen molar-refractivity contribution in [2.24, 2.45) is 0 Å². The molecule has 0 aliphatic heterocycles. The quantitative estimate of drug-likeness (QED) is 0.891. The molecule has 0 aliphatic carbocycles. The number of nitrogens with zero attached hydrogens (tertiary/aromatic N) is 2. The largest absolute Gasteiger partial charge is 0.408 e. The molecular weight excluding hydrogens is 299 g/mol. The summed E-state index contributed by atoms with van der Waals surface area (Å²) in [6, 6.07) is 9.86. The van der Waals surface area contributed by atoms with Crippen LogP contribution in [0, 0.1) is 0 Å². The van der Waals surface area contributed by atoms with Crippen LogP contribution in [0.5, 0.6) is 0 Å². The second-order valence-electron chi connectivity index (χ2n) is 4.69. The van der Waals surface area contributed by atoms with Gasteiger partial charge < -0.3 is 10.4 Å². The summed E-state index contributed by atoms with van der Waals surface area (Å²) in [6.07, 6.45) is -4.46. The minimum absolute atomic E-state index is 0.00881. The van der Waals surface area contributed by atoms with Crippen LogP contribution in [-0.2, 0) is 11.3 Å². The van der Waals surface area contributed by atoms with Crippen molar-refractivity contribution in [2.45, 2.75) is 25.2 Å². The van der Waals surface area contributed by atoms with Gasteiger partial charge in [-0.3, -0.25) is 9.48 Å². The lowest BCUT2D eigenvalue weighted by atomic mass is 10.1. The van der Waals surface area contributed by atoms with Gasteiger partial charge in [-0.1, -0.05) is 30.3 Å². The van der Waals surface area contributed by atoms with E-state index in [1.807, 2.05) is 0 Å². The van der Waals surface area contributed by atoms with Crippen LogP contribution in [0.3, 0.4) is 0 Å². The average molecular weight is 313 g/mol. The molecule has 1 aromatic carbocycles. The minimum Gasteiger partial charge on any atom is -0.388 e. The Morgan fingerprint density at radius 1 is 1.27 bits per heavy atom. The van der Waals surface area contributed by atoms with Crippen LogP contribution in [0.1, 0.15) is 18.1 Å². The molecule has 1 aromatic heterocycles. The Bertz CT molecular complexity index is 626. The highest BCUT2D eigenvalue weighted by molar-refractivity contribution is 5.90. The fourth-order valence-electron chi connectivity index (χ4n) is 1.86. The topological polar surface area (TPSA) is 67.2 Å². The van der Waals surface area contributed by atoms with Gasteiger partial charge in [0.15, 0.2) is 5.82 Å². The van der Waals surface area contributed by atoms with Crippen molar-refractivity contribution >= 4 is 11.7 Å². The fraction of sp³-hybridized carbons (Fsp3) is 0.286. The number of rotatable bonds is 5. The predicted octanol–water partition coefficient (Wildman–Crippen LogP) is 2.51. The highest BCUT2D eigenvalue weighted by Crippen LogP contribution is 2.19. The molecule has 1 amide bonds. The summed E-state index contributed by atoms with van der Waals surface area (Å²) in [4.78, 5) is 11.7. The van der Waals surface area contributed by atoms with Crippen LogP contribution in [0.25, 0.3) is 0 Å². The van der Waals surface area contributed by atoms with Gasteiger partial charge in [-0.25, -0.2) is 0 Å². The van der Waals surface area contributed by atoms with E-state index in [0.717, 1.165) is 6.20 Å². The Balaban J connectivity index is 1.90. The van der Waals surface area contributed by atoms with E-state index >= 15 is 0 Å². The first-order valence-electron chi connectivity index (χ1n) is 6.46. The molecule has 0 spiro atoms. The van der Waals surface area contributed by atoms with Crippen LogP contribution in [-0.4, -0.2) is 27.0 Å². The van der Waals surface area contributed by atoms with Gasteiger partial charge in [0.25, 0.3) is 0 Å². The van der Waals surface area contributed by atoms with Gasteiger partial charge in [-0.15, -0.1) is 0 Å². The molecule has 2 aromatic rings. The Morgan fingerprint density at radius 3 is 2.59 bits per heavy atom. The van der Waals surface area contributed by atoms with Crippen LogP contribution in [0.15, 0.2) is 42.6 Å². The lowest BCUT2D eigenvalue weighted by molar-refractivity contribution is -0.142. The Morgan fingerprint density at radius 2 is 1.95 bits per heavy atom. The third-order valence-electron chi connectivity index (χ3n) is 2.81. The first-order valence-corrected chi connectivity index (χ1v) is 6.46. The van der Waals surface area contributed by atoms with Gasteiger partial charge in [-0.2, -0.15) is 18.3 Å². The van der Waals surface area contributed by atoms with Crippen LogP contribution in [0.2, 0.25) is 0 Å². The third kappa shape index (κ3) is 4.88. The number of anilines is 1. The molecular formula is C14H14F3N3O2. The summed E-state index contributed by atoms with van der Waals surface area (Å²) in [5, 5.41) is 15.8. The number of benzene rings is 1. The molecule has 5 nitrogen and oxygen atoms in total. The molecule has 8 heteroatoms. The standard InChI is InChI=1S/C14H14F3N3O2/c15-14(16,17)9-20-7-6-12(19-20)18-13(22)8-11(21)10-4-2-1-3-5-10/h1-7,11,21H,8-9H2,(H,18,19,22). The molecule has 0 radical (unpaired) electrons. The molecule has 2 N–H and O–H groups in total. The molecule has 2 rings (SSSR count). The predicted molar refractivity (Wildman–Crippen MR) is 72.9 cm³/mol. The molecule has 1 heterocycles.